The molecule has 2 aliphatic carbocycles. The molecule has 114 valence electrons. The lowest BCUT2D eigenvalue weighted by Crippen LogP contribution is -2.03. The predicted molar refractivity (Wildman–Crippen MR) is 92.9 cm³/mol. The van der Waals surface area contributed by atoms with Gasteiger partial charge in [0.2, 0.25) is 0 Å². The first-order valence-electron chi connectivity index (χ1n) is 7.89. The van der Waals surface area contributed by atoms with Crippen molar-refractivity contribution in [1.82, 2.24) is 0 Å². The van der Waals surface area contributed by atoms with E-state index in [1.807, 2.05) is 0 Å². The molecule has 2 atom stereocenters. The second-order valence-corrected chi connectivity index (χ2v) is 5.97. The number of allylic oxidation sites excluding steroid dienone is 1. The van der Waals surface area contributed by atoms with E-state index in [4.69, 9.17) is 4.74 Å². The van der Waals surface area contributed by atoms with E-state index in [0.29, 0.717) is 12.2 Å². The fourth-order valence-electron chi connectivity index (χ4n) is 3.35. The van der Waals surface area contributed by atoms with Gasteiger partial charge in [-0.25, -0.2) is 0 Å². The van der Waals surface area contributed by atoms with Gasteiger partial charge in [-0.1, -0.05) is 68.1 Å². The Morgan fingerprint density at radius 1 is 0.864 bits per heavy atom. The molecule has 1 saturated heterocycles. The van der Waals surface area contributed by atoms with Gasteiger partial charge in [0.25, 0.3) is 0 Å². The van der Waals surface area contributed by atoms with Gasteiger partial charge in [-0.05, 0) is 47.9 Å². The molecule has 2 aromatic carbocycles. The van der Waals surface area contributed by atoms with Gasteiger partial charge in [0, 0.05) is 0 Å². The SMILES string of the molecule is C.C1=Cc2ccccc2CC1.c1ccc2c(c1)CCC1OC21. The van der Waals surface area contributed by atoms with Gasteiger partial charge in [0.05, 0.1) is 6.10 Å². The molecule has 1 fully saturated rings. The van der Waals surface area contributed by atoms with Crippen LogP contribution in [0.25, 0.3) is 6.08 Å². The van der Waals surface area contributed by atoms with Gasteiger partial charge in [0.15, 0.2) is 0 Å². The van der Waals surface area contributed by atoms with E-state index in [1.165, 1.54) is 47.9 Å². The summed E-state index contributed by atoms with van der Waals surface area (Å²) in [5.41, 5.74) is 5.81. The maximum atomic E-state index is 5.50. The van der Waals surface area contributed by atoms with E-state index in [0.717, 1.165) is 0 Å². The minimum absolute atomic E-state index is 0. The predicted octanol–water partition coefficient (Wildman–Crippen LogP) is 5.35. The highest BCUT2D eigenvalue weighted by molar-refractivity contribution is 5.55. The maximum absolute atomic E-state index is 5.50. The van der Waals surface area contributed by atoms with E-state index in [-0.39, 0.29) is 7.43 Å². The summed E-state index contributed by atoms with van der Waals surface area (Å²) >= 11 is 0. The molecule has 1 heterocycles. The van der Waals surface area contributed by atoms with Crippen molar-refractivity contribution in [3.8, 4) is 0 Å². The number of fused-ring (bicyclic) bond motifs is 4. The van der Waals surface area contributed by atoms with E-state index in [9.17, 15) is 0 Å². The van der Waals surface area contributed by atoms with Crippen molar-refractivity contribution in [3.05, 3.63) is 76.9 Å². The first-order chi connectivity index (χ1) is 10.4. The van der Waals surface area contributed by atoms with Crippen molar-refractivity contribution < 1.29 is 4.74 Å². The Kier molecular flexibility index (Phi) is 4.44. The highest BCUT2D eigenvalue weighted by Crippen LogP contribution is 2.46. The molecule has 0 aromatic heterocycles. The topological polar surface area (TPSA) is 12.5 Å². The van der Waals surface area contributed by atoms with Crippen molar-refractivity contribution in [2.75, 3.05) is 0 Å². The number of aryl methyl sites for hydroxylation is 2. The van der Waals surface area contributed by atoms with E-state index in [2.05, 4.69) is 60.7 Å². The second-order valence-electron chi connectivity index (χ2n) is 5.97. The van der Waals surface area contributed by atoms with Crippen molar-refractivity contribution in [1.29, 1.82) is 0 Å². The highest BCUT2D eigenvalue weighted by Gasteiger charge is 2.43. The lowest BCUT2D eigenvalue weighted by atomic mass is 9.92. The molecular weight excluding hydrogens is 268 g/mol. The van der Waals surface area contributed by atoms with Crippen LogP contribution in [-0.2, 0) is 17.6 Å². The Labute approximate surface area is 133 Å². The van der Waals surface area contributed by atoms with Gasteiger partial charge < -0.3 is 4.74 Å². The van der Waals surface area contributed by atoms with E-state index < -0.39 is 0 Å². The van der Waals surface area contributed by atoms with Gasteiger partial charge in [-0.2, -0.15) is 0 Å². The Balaban J connectivity index is 0.000000126. The van der Waals surface area contributed by atoms with Crippen LogP contribution in [0.15, 0.2) is 54.6 Å². The lowest BCUT2D eigenvalue weighted by molar-refractivity contribution is 0.373. The molecule has 3 aliphatic rings. The van der Waals surface area contributed by atoms with E-state index in [1.54, 1.807) is 0 Å². The number of hydrogen-bond donors (Lipinski definition) is 0. The zero-order valence-electron chi connectivity index (χ0n) is 12.2. The Bertz CT molecular complexity index is 671. The van der Waals surface area contributed by atoms with Crippen LogP contribution in [0.4, 0.5) is 0 Å². The molecule has 0 radical (unpaired) electrons. The standard InChI is InChI=1S/C10H10O.C10H10.CH4/c1-2-4-8-7(3-1)5-6-9-10(8)11-9;1-2-6-10-8-4-3-7-9(10)5-1;/h1-4,9-10H,5-6H2;1-3,5-7H,4,8H2;1H4. The fourth-order valence-corrected chi connectivity index (χ4v) is 3.35. The largest absolute Gasteiger partial charge is 0.364 e. The summed E-state index contributed by atoms with van der Waals surface area (Å²) in [4.78, 5) is 0. The third-order valence-corrected chi connectivity index (χ3v) is 4.58. The van der Waals surface area contributed by atoms with E-state index >= 15 is 0 Å². The highest BCUT2D eigenvalue weighted by atomic mass is 16.6. The van der Waals surface area contributed by atoms with Gasteiger partial charge in [0.1, 0.15) is 6.10 Å². The molecule has 2 unspecified atom stereocenters. The van der Waals surface area contributed by atoms with Crippen LogP contribution >= 0.6 is 0 Å². The average Bonchev–Trinajstić information content (AvgIpc) is 3.36. The number of rotatable bonds is 0. The molecular formula is C21H24O. The second kappa shape index (κ2) is 6.50. The van der Waals surface area contributed by atoms with Crippen LogP contribution in [0.3, 0.4) is 0 Å². The first kappa shape index (κ1) is 15.1. The summed E-state index contributed by atoms with van der Waals surface area (Å²) in [6, 6.07) is 17.2. The first-order valence-corrected chi connectivity index (χ1v) is 7.89. The smallest absolute Gasteiger partial charge is 0.109 e. The van der Waals surface area contributed by atoms with Gasteiger partial charge in [-0.15, -0.1) is 0 Å². The molecule has 0 saturated carbocycles. The maximum Gasteiger partial charge on any atom is 0.109 e. The molecule has 1 heteroatoms. The zero-order chi connectivity index (χ0) is 14.1. The fraction of sp³-hybridized carbons (Fsp3) is 0.333. The van der Waals surface area contributed by atoms with Crippen LogP contribution in [0.1, 0.15) is 48.6 Å². The van der Waals surface area contributed by atoms with Crippen molar-refractivity contribution in [2.24, 2.45) is 0 Å². The monoisotopic (exact) mass is 292 g/mol. The van der Waals surface area contributed by atoms with Gasteiger partial charge >= 0.3 is 0 Å². The molecule has 1 nitrogen and oxygen atoms in total. The summed E-state index contributed by atoms with van der Waals surface area (Å²) in [5, 5.41) is 0. The minimum atomic E-state index is 0. The third-order valence-electron chi connectivity index (χ3n) is 4.58. The van der Waals surface area contributed by atoms with Crippen molar-refractivity contribution in [3.63, 3.8) is 0 Å². The van der Waals surface area contributed by atoms with Crippen molar-refractivity contribution >= 4 is 6.08 Å². The van der Waals surface area contributed by atoms with Crippen molar-refractivity contribution in [2.45, 2.75) is 45.3 Å². The lowest BCUT2D eigenvalue weighted by Gasteiger charge is -2.09. The number of ether oxygens (including phenoxy) is 1. The molecule has 1 aliphatic heterocycles. The number of epoxide rings is 1. The summed E-state index contributed by atoms with van der Waals surface area (Å²) in [6.07, 6.45) is 10.3. The summed E-state index contributed by atoms with van der Waals surface area (Å²) in [7, 11) is 0. The van der Waals surface area contributed by atoms with Crippen LogP contribution in [0.5, 0.6) is 0 Å². The third kappa shape index (κ3) is 3.00. The summed E-state index contributed by atoms with van der Waals surface area (Å²) in [6.45, 7) is 0. The summed E-state index contributed by atoms with van der Waals surface area (Å²) in [5.74, 6) is 0. The summed E-state index contributed by atoms with van der Waals surface area (Å²) < 4.78 is 5.50. The Morgan fingerprint density at radius 3 is 2.50 bits per heavy atom. The zero-order valence-corrected chi connectivity index (χ0v) is 12.2. The Hall–Kier alpha value is -1.86. The van der Waals surface area contributed by atoms with Crippen LogP contribution < -0.4 is 0 Å². The molecule has 0 bridgehead atoms. The minimum Gasteiger partial charge on any atom is -0.364 e. The molecule has 2 aromatic rings. The molecule has 5 rings (SSSR count). The van der Waals surface area contributed by atoms with Crippen LogP contribution in [0, 0.1) is 0 Å². The quantitative estimate of drug-likeness (QED) is 0.596. The molecule has 0 spiro atoms. The van der Waals surface area contributed by atoms with Crippen LogP contribution in [0.2, 0.25) is 0 Å². The average molecular weight is 292 g/mol. The van der Waals surface area contributed by atoms with Gasteiger partial charge in [-0.3, -0.25) is 0 Å². The number of benzene rings is 2. The molecule has 0 amide bonds. The molecule has 0 N–H and O–H groups in total. The number of hydrogen-bond acceptors (Lipinski definition) is 1. The Morgan fingerprint density at radius 2 is 1.64 bits per heavy atom. The normalized spacial score (nSPS) is 22.9. The van der Waals surface area contributed by atoms with Crippen LogP contribution in [-0.4, -0.2) is 6.10 Å². The molecule has 22 heavy (non-hydrogen) atoms.